The van der Waals surface area contributed by atoms with Crippen molar-refractivity contribution in [1.82, 2.24) is 9.78 Å². The fraction of sp³-hybridized carbons (Fsp3) is 0.222. The van der Waals surface area contributed by atoms with E-state index in [1.807, 2.05) is 0 Å². The molecule has 0 radical (unpaired) electrons. The largest absolute Gasteiger partial charge is 0.497 e. The SMILES string of the molecule is CCOC(=O)c1nn(-c2cccc(Cl)c2)c(=O)c2c(NC(=O)C3CC(=O)N(c4cccc(OC)c4)C3)scc12. The highest BCUT2D eigenvalue weighted by molar-refractivity contribution is 7.16. The molecular weight excluding hydrogens is 544 g/mol. The van der Waals surface area contributed by atoms with Gasteiger partial charge in [-0.3, -0.25) is 14.4 Å². The highest BCUT2D eigenvalue weighted by atomic mass is 35.5. The molecule has 0 aliphatic carbocycles. The van der Waals surface area contributed by atoms with E-state index in [9.17, 15) is 19.2 Å². The lowest BCUT2D eigenvalue weighted by atomic mass is 10.1. The zero-order valence-electron chi connectivity index (χ0n) is 21.0. The number of thiophene rings is 1. The van der Waals surface area contributed by atoms with Crippen LogP contribution in [0.3, 0.4) is 0 Å². The summed E-state index contributed by atoms with van der Waals surface area (Å²) in [6, 6.07) is 13.5. The number of halogens is 1. The van der Waals surface area contributed by atoms with E-state index in [1.54, 1.807) is 60.8 Å². The molecule has 39 heavy (non-hydrogen) atoms. The zero-order chi connectivity index (χ0) is 27.7. The number of hydrogen-bond donors (Lipinski definition) is 1. The second-order valence-corrected chi connectivity index (χ2v) is 10.0. The molecule has 1 unspecified atom stereocenters. The number of ether oxygens (including phenoxy) is 2. The van der Waals surface area contributed by atoms with Gasteiger partial charge in [-0.2, -0.15) is 9.78 Å². The summed E-state index contributed by atoms with van der Waals surface area (Å²) in [5.41, 5.74) is 0.366. The van der Waals surface area contributed by atoms with Crippen molar-refractivity contribution in [3.63, 3.8) is 0 Å². The number of benzene rings is 2. The molecule has 4 aromatic rings. The van der Waals surface area contributed by atoms with E-state index in [1.165, 1.54) is 12.0 Å². The first-order chi connectivity index (χ1) is 18.8. The van der Waals surface area contributed by atoms with Gasteiger partial charge in [-0.15, -0.1) is 11.3 Å². The molecule has 1 aliphatic heterocycles. The van der Waals surface area contributed by atoms with Gasteiger partial charge in [0, 0.05) is 40.5 Å². The minimum atomic E-state index is -0.704. The topological polar surface area (TPSA) is 120 Å². The normalized spacial score (nSPS) is 15.0. The smallest absolute Gasteiger partial charge is 0.359 e. The van der Waals surface area contributed by atoms with Crippen LogP contribution in [0.1, 0.15) is 23.8 Å². The molecule has 3 heterocycles. The number of carbonyl (C=O) groups is 3. The third-order valence-electron chi connectivity index (χ3n) is 6.27. The lowest BCUT2D eigenvalue weighted by Gasteiger charge is -2.17. The van der Waals surface area contributed by atoms with Gasteiger partial charge in [0.15, 0.2) is 5.69 Å². The molecule has 0 spiro atoms. The number of rotatable bonds is 7. The van der Waals surface area contributed by atoms with Crippen LogP contribution >= 0.6 is 22.9 Å². The Morgan fingerprint density at radius 2 is 1.92 bits per heavy atom. The first-order valence-corrected chi connectivity index (χ1v) is 13.3. The molecule has 1 fully saturated rings. The van der Waals surface area contributed by atoms with Crippen LogP contribution in [0.4, 0.5) is 10.7 Å². The molecule has 2 amide bonds. The molecule has 1 atom stereocenters. The van der Waals surface area contributed by atoms with Gasteiger partial charge in [-0.05, 0) is 37.3 Å². The van der Waals surface area contributed by atoms with Crippen LogP contribution in [0.25, 0.3) is 16.5 Å². The average Bonchev–Trinajstić information content (AvgIpc) is 3.53. The van der Waals surface area contributed by atoms with Gasteiger partial charge in [0.2, 0.25) is 11.8 Å². The van der Waals surface area contributed by atoms with Crippen LogP contribution in [-0.2, 0) is 14.3 Å². The van der Waals surface area contributed by atoms with Gasteiger partial charge in [0.1, 0.15) is 10.8 Å². The van der Waals surface area contributed by atoms with Crippen LogP contribution in [0, 0.1) is 5.92 Å². The Hall–Kier alpha value is -4.22. The van der Waals surface area contributed by atoms with Gasteiger partial charge in [-0.1, -0.05) is 23.7 Å². The van der Waals surface area contributed by atoms with Crippen LogP contribution in [0.15, 0.2) is 58.7 Å². The van der Waals surface area contributed by atoms with Gasteiger partial charge in [-0.25, -0.2) is 4.79 Å². The molecule has 0 bridgehead atoms. The summed E-state index contributed by atoms with van der Waals surface area (Å²) in [6.07, 6.45) is 0.00866. The summed E-state index contributed by atoms with van der Waals surface area (Å²) in [6.45, 7) is 1.95. The third kappa shape index (κ3) is 5.10. The lowest BCUT2D eigenvalue weighted by Crippen LogP contribution is -2.29. The van der Waals surface area contributed by atoms with Gasteiger partial charge in [0.25, 0.3) is 5.56 Å². The predicted molar refractivity (Wildman–Crippen MR) is 148 cm³/mol. The first-order valence-electron chi connectivity index (χ1n) is 12.0. The zero-order valence-corrected chi connectivity index (χ0v) is 22.5. The Balaban J connectivity index is 1.49. The molecule has 1 aliphatic rings. The minimum absolute atomic E-state index is 0.00866. The standard InChI is InChI=1S/C27H23ClN4O6S/c1-3-38-27(36)23-20-14-39-25(22(20)26(35)32(30-23)18-8-4-6-16(28)11-18)29-24(34)15-10-21(33)31(13-15)17-7-5-9-19(12-17)37-2/h4-9,11-12,14-15H,3,10,13H2,1-2H3,(H,29,34). The minimum Gasteiger partial charge on any atom is -0.497 e. The summed E-state index contributed by atoms with van der Waals surface area (Å²) in [5, 5.41) is 9.66. The van der Waals surface area contributed by atoms with Crippen molar-refractivity contribution in [2.75, 3.05) is 30.5 Å². The Morgan fingerprint density at radius 3 is 2.67 bits per heavy atom. The van der Waals surface area contributed by atoms with Gasteiger partial charge < -0.3 is 19.7 Å². The highest BCUT2D eigenvalue weighted by Crippen LogP contribution is 2.33. The summed E-state index contributed by atoms with van der Waals surface area (Å²) in [7, 11) is 1.54. The average molecular weight is 567 g/mol. The molecule has 10 nitrogen and oxygen atoms in total. The quantitative estimate of drug-likeness (QED) is 0.332. The Morgan fingerprint density at radius 1 is 1.15 bits per heavy atom. The Bertz CT molecular complexity index is 1670. The van der Waals surface area contributed by atoms with Crippen LogP contribution in [-0.4, -0.2) is 47.8 Å². The molecule has 1 saturated heterocycles. The fourth-order valence-corrected chi connectivity index (χ4v) is 5.52. The van der Waals surface area contributed by atoms with E-state index >= 15 is 0 Å². The number of carbonyl (C=O) groups excluding carboxylic acids is 3. The van der Waals surface area contributed by atoms with Crippen molar-refractivity contribution in [2.45, 2.75) is 13.3 Å². The number of methoxy groups -OCH3 is 1. The maximum atomic E-state index is 13.6. The number of nitrogens with one attached hydrogen (secondary N) is 1. The number of esters is 1. The highest BCUT2D eigenvalue weighted by Gasteiger charge is 2.36. The maximum Gasteiger partial charge on any atom is 0.359 e. The monoisotopic (exact) mass is 566 g/mol. The lowest BCUT2D eigenvalue weighted by molar-refractivity contribution is -0.122. The van der Waals surface area contributed by atoms with E-state index in [2.05, 4.69) is 10.4 Å². The molecule has 2 aromatic heterocycles. The number of nitrogens with zero attached hydrogens (tertiary/aromatic N) is 3. The van der Waals surface area contributed by atoms with Crippen molar-refractivity contribution in [3.8, 4) is 11.4 Å². The number of fused-ring (bicyclic) bond motifs is 1. The Labute approximate surface area is 231 Å². The number of amides is 2. The Kier molecular flexibility index (Phi) is 7.36. The van der Waals surface area contributed by atoms with Gasteiger partial charge >= 0.3 is 5.97 Å². The molecule has 200 valence electrons. The number of anilines is 2. The van der Waals surface area contributed by atoms with E-state index in [4.69, 9.17) is 21.1 Å². The second kappa shape index (κ2) is 10.9. The molecule has 0 saturated carbocycles. The van der Waals surface area contributed by atoms with Crippen molar-refractivity contribution in [3.05, 3.63) is 75.0 Å². The third-order valence-corrected chi connectivity index (χ3v) is 7.40. The molecular formula is C27H23ClN4O6S. The summed E-state index contributed by atoms with van der Waals surface area (Å²) in [4.78, 5) is 53.9. The van der Waals surface area contributed by atoms with Crippen molar-refractivity contribution < 1.29 is 23.9 Å². The number of aromatic nitrogens is 2. The van der Waals surface area contributed by atoms with Crippen LogP contribution in [0.2, 0.25) is 5.02 Å². The van der Waals surface area contributed by atoms with Crippen molar-refractivity contribution in [1.29, 1.82) is 0 Å². The van der Waals surface area contributed by atoms with Crippen LogP contribution < -0.4 is 20.5 Å². The maximum absolute atomic E-state index is 13.6. The van der Waals surface area contributed by atoms with E-state index in [0.29, 0.717) is 22.1 Å². The van der Waals surface area contributed by atoms with Crippen molar-refractivity contribution >= 4 is 62.2 Å². The number of hydrogen-bond acceptors (Lipinski definition) is 8. The van der Waals surface area contributed by atoms with E-state index < -0.39 is 23.4 Å². The van der Waals surface area contributed by atoms with Crippen molar-refractivity contribution in [2.24, 2.45) is 5.92 Å². The van der Waals surface area contributed by atoms with Crippen LogP contribution in [0.5, 0.6) is 5.75 Å². The molecule has 12 heteroatoms. The van der Waals surface area contributed by atoms with E-state index in [-0.39, 0.29) is 46.9 Å². The summed E-state index contributed by atoms with van der Waals surface area (Å²) >= 11 is 7.22. The summed E-state index contributed by atoms with van der Waals surface area (Å²) < 4.78 is 11.5. The van der Waals surface area contributed by atoms with Gasteiger partial charge in [0.05, 0.1) is 30.7 Å². The fourth-order valence-electron chi connectivity index (χ4n) is 4.40. The van der Waals surface area contributed by atoms with E-state index in [0.717, 1.165) is 16.0 Å². The molecule has 1 N–H and O–H groups in total. The predicted octanol–water partition coefficient (Wildman–Crippen LogP) is 4.28. The second-order valence-electron chi connectivity index (χ2n) is 8.72. The molecule has 5 rings (SSSR count). The summed E-state index contributed by atoms with van der Waals surface area (Å²) in [5.74, 6) is -1.37. The molecule has 2 aromatic carbocycles. The first kappa shape index (κ1) is 26.4.